The molecule has 3 aromatic rings. The molecule has 1 aliphatic heterocycles. The first-order valence-electron chi connectivity index (χ1n) is 9.44. The lowest BCUT2D eigenvalue weighted by Crippen LogP contribution is -2.47. The summed E-state index contributed by atoms with van der Waals surface area (Å²) in [7, 11) is 0. The first kappa shape index (κ1) is 19.6. The summed E-state index contributed by atoms with van der Waals surface area (Å²) < 4.78 is 5.55. The number of benzene rings is 1. The van der Waals surface area contributed by atoms with Gasteiger partial charge in [-0.15, -0.1) is 22.7 Å². The summed E-state index contributed by atoms with van der Waals surface area (Å²) >= 11 is 3.21. The molecule has 29 heavy (non-hydrogen) atoms. The van der Waals surface area contributed by atoms with Crippen molar-refractivity contribution in [3.63, 3.8) is 0 Å². The highest BCUT2D eigenvalue weighted by Gasteiger charge is 2.34. The van der Waals surface area contributed by atoms with Gasteiger partial charge < -0.3 is 15.0 Å². The van der Waals surface area contributed by atoms with Crippen LogP contribution in [0.2, 0.25) is 0 Å². The normalized spacial score (nSPS) is 16.0. The monoisotopic (exact) mass is 427 g/mol. The number of aromatic nitrogens is 1. The zero-order valence-electron chi connectivity index (χ0n) is 15.7. The largest absolute Gasteiger partial charge is 0.484 e. The second-order valence-corrected chi connectivity index (χ2v) is 8.49. The van der Waals surface area contributed by atoms with Crippen LogP contribution in [0.3, 0.4) is 0 Å². The van der Waals surface area contributed by atoms with Gasteiger partial charge in [0.05, 0.1) is 17.1 Å². The number of nitrogens with one attached hydrogen (secondary N) is 1. The van der Waals surface area contributed by atoms with Gasteiger partial charge in [-0.1, -0.05) is 24.3 Å². The second kappa shape index (κ2) is 9.19. The maximum atomic E-state index is 12.7. The van der Waals surface area contributed by atoms with Crippen molar-refractivity contribution in [2.45, 2.75) is 25.4 Å². The van der Waals surface area contributed by atoms with Gasteiger partial charge >= 0.3 is 0 Å². The molecule has 1 N–H and O–H groups in total. The summed E-state index contributed by atoms with van der Waals surface area (Å²) in [5, 5.41) is 7.87. The number of amides is 2. The Balaban J connectivity index is 1.30. The SMILES string of the molecule is O=C(NCc1csc(-c2cccs2)n1)C1CCCN1C(=O)COc1ccccc1. The summed E-state index contributed by atoms with van der Waals surface area (Å²) in [4.78, 5) is 32.6. The van der Waals surface area contributed by atoms with Crippen molar-refractivity contribution in [1.29, 1.82) is 0 Å². The van der Waals surface area contributed by atoms with Crippen LogP contribution in [0.4, 0.5) is 0 Å². The van der Waals surface area contributed by atoms with Gasteiger partial charge in [0, 0.05) is 11.9 Å². The third-order valence-electron chi connectivity index (χ3n) is 4.71. The third-order valence-corrected chi connectivity index (χ3v) is 6.64. The van der Waals surface area contributed by atoms with Crippen LogP contribution in [0.25, 0.3) is 9.88 Å². The smallest absolute Gasteiger partial charge is 0.261 e. The molecule has 0 radical (unpaired) electrons. The van der Waals surface area contributed by atoms with Crippen LogP contribution < -0.4 is 10.1 Å². The maximum absolute atomic E-state index is 12.7. The van der Waals surface area contributed by atoms with Gasteiger partial charge in [-0.2, -0.15) is 0 Å². The highest BCUT2D eigenvalue weighted by atomic mass is 32.1. The Kier molecular flexibility index (Phi) is 6.21. The molecule has 0 spiro atoms. The van der Waals surface area contributed by atoms with E-state index in [9.17, 15) is 9.59 Å². The van der Waals surface area contributed by atoms with Gasteiger partial charge in [-0.05, 0) is 36.4 Å². The van der Waals surface area contributed by atoms with Crippen LogP contribution in [0.5, 0.6) is 5.75 Å². The summed E-state index contributed by atoms with van der Waals surface area (Å²) in [6.07, 6.45) is 1.48. The third kappa shape index (κ3) is 4.83. The van der Waals surface area contributed by atoms with E-state index in [0.29, 0.717) is 25.3 Å². The molecule has 6 nitrogen and oxygen atoms in total. The van der Waals surface area contributed by atoms with Crippen LogP contribution in [0.15, 0.2) is 53.2 Å². The molecule has 8 heteroatoms. The van der Waals surface area contributed by atoms with Gasteiger partial charge in [-0.25, -0.2) is 4.98 Å². The second-order valence-electron chi connectivity index (χ2n) is 6.69. The van der Waals surface area contributed by atoms with Crippen LogP contribution in [-0.4, -0.2) is 40.9 Å². The fraction of sp³-hybridized carbons (Fsp3) is 0.286. The molecular weight excluding hydrogens is 406 g/mol. The highest BCUT2D eigenvalue weighted by Crippen LogP contribution is 2.27. The van der Waals surface area contributed by atoms with Crippen molar-refractivity contribution in [3.05, 3.63) is 58.9 Å². The molecule has 1 aromatic carbocycles. The number of carbonyl (C=O) groups excluding carboxylic acids is 2. The van der Waals surface area contributed by atoms with E-state index in [0.717, 1.165) is 22.0 Å². The number of ether oxygens (including phenoxy) is 1. The lowest BCUT2D eigenvalue weighted by Gasteiger charge is -2.23. The number of hydrogen-bond donors (Lipinski definition) is 1. The number of likely N-dealkylation sites (tertiary alicyclic amines) is 1. The Hall–Kier alpha value is -2.71. The van der Waals surface area contributed by atoms with Crippen LogP contribution >= 0.6 is 22.7 Å². The Morgan fingerprint density at radius 2 is 2.03 bits per heavy atom. The van der Waals surface area contributed by atoms with E-state index in [4.69, 9.17) is 4.74 Å². The van der Waals surface area contributed by atoms with Crippen molar-refractivity contribution in [2.75, 3.05) is 13.2 Å². The van der Waals surface area contributed by atoms with Gasteiger partial charge in [0.1, 0.15) is 16.8 Å². The first-order valence-corrected chi connectivity index (χ1v) is 11.2. The molecule has 1 aliphatic rings. The molecule has 1 unspecified atom stereocenters. The molecule has 2 aromatic heterocycles. The Morgan fingerprint density at radius 1 is 1.17 bits per heavy atom. The van der Waals surface area contributed by atoms with E-state index in [1.54, 1.807) is 39.7 Å². The van der Waals surface area contributed by atoms with Crippen LogP contribution in [0.1, 0.15) is 18.5 Å². The Labute approximate surface area is 177 Å². The summed E-state index contributed by atoms with van der Waals surface area (Å²) in [5.41, 5.74) is 0.829. The van der Waals surface area contributed by atoms with E-state index < -0.39 is 6.04 Å². The minimum absolute atomic E-state index is 0.0654. The first-order chi connectivity index (χ1) is 14.2. The number of para-hydroxylation sites is 1. The van der Waals surface area contributed by atoms with Crippen LogP contribution in [0, 0.1) is 0 Å². The average molecular weight is 428 g/mol. The quantitative estimate of drug-likeness (QED) is 0.626. The molecule has 0 saturated carbocycles. The molecule has 0 bridgehead atoms. The number of thiazole rings is 1. The number of nitrogens with zero attached hydrogens (tertiary/aromatic N) is 2. The molecule has 4 rings (SSSR count). The summed E-state index contributed by atoms with van der Waals surface area (Å²) in [5.74, 6) is 0.340. The van der Waals surface area contributed by atoms with Gasteiger partial charge in [0.2, 0.25) is 5.91 Å². The minimum atomic E-state index is -0.447. The molecule has 1 atom stereocenters. The van der Waals surface area contributed by atoms with Crippen molar-refractivity contribution < 1.29 is 14.3 Å². The molecule has 150 valence electrons. The van der Waals surface area contributed by atoms with Crippen molar-refractivity contribution in [2.24, 2.45) is 0 Å². The lowest BCUT2D eigenvalue weighted by atomic mass is 10.2. The van der Waals surface area contributed by atoms with Gasteiger partial charge in [-0.3, -0.25) is 9.59 Å². The minimum Gasteiger partial charge on any atom is -0.484 e. The molecule has 2 amide bonds. The zero-order valence-corrected chi connectivity index (χ0v) is 17.4. The summed E-state index contributed by atoms with van der Waals surface area (Å²) in [6, 6.07) is 12.8. The standard InChI is InChI=1S/C21H21N3O3S2/c25-19(13-27-16-6-2-1-3-7-16)24-10-4-8-17(24)20(26)22-12-15-14-29-21(23-15)18-9-5-11-28-18/h1-3,5-7,9,11,14,17H,4,8,10,12-13H2,(H,22,26). The van der Waals surface area contributed by atoms with E-state index >= 15 is 0 Å². The van der Waals surface area contributed by atoms with E-state index in [1.165, 1.54) is 0 Å². The van der Waals surface area contributed by atoms with Crippen molar-refractivity contribution in [3.8, 4) is 15.6 Å². The van der Waals surface area contributed by atoms with Crippen molar-refractivity contribution in [1.82, 2.24) is 15.2 Å². The molecular formula is C21H21N3O3S2. The number of hydrogen-bond acceptors (Lipinski definition) is 6. The van der Waals surface area contributed by atoms with E-state index in [-0.39, 0.29) is 18.4 Å². The number of rotatable bonds is 7. The fourth-order valence-electron chi connectivity index (χ4n) is 3.28. The fourth-order valence-corrected chi connectivity index (χ4v) is 4.91. The predicted octanol–water partition coefficient (Wildman–Crippen LogP) is 3.56. The van der Waals surface area contributed by atoms with E-state index in [1.807, 2.05) is 41.1 Å². The Bertz CT molecular complexity index is 957. The zero-order chi connectivity index (χ0) is 20.1. The molecule has 1 saturated heterocycles. The molecule has 0 aliphatic carbocycles. The molecule has 3 heterocycles. The average Bonchev–Trinajstić information content (AvgIpc) is 3.51. The Morgan fingerprint density at radius 3 is 2.83 bits per heavy atom. The maximum Gasteiger partial charge on any atom is 0.261 e. The van der Waals surface area contributed by atoms with E-state index in [2.05, 4.69) is 10.3 Å². The highest BCUT2D eigenvalue weighted by molar-refractivity contribution is 7.20. The topological polar surface area (TPSA) is 71.5 Å². The predicted molar refractivity (Wildman–Crippen MR) is 114 cm³/mol. The van der Waals surface area contributed by atoms with Gasteiger partial charge in [0.25, 0.3) is 5.91 Å². The number of carbonyl (C=O) groups is 2. The van der Waals surface area contributed by atoms with Crippen LogP contribution in [-0.2, 0) is 16.1 Å². The lowest BCUT2D eigenvalue weighted by molar-refractivity contribution is -0.140. The molecule has 1 fully saturated rings. The van der Waals surface area contributed by atoms with Gasteiger partial charge in [0.15, 0.2) is 6.61 Å². The summed E-state index contributed by atoms with van der Waals surface area (Å²) in [6.45, 7) is 0.873. The van der Waals surface area contributed by atoms with Crippen molar-refractivity contribution >= 4 is 34.5 Å². The number of thiophene rings is 1.